The number of phenols is 1. The molecule has 0 atom stereocenters. The molecule has 2 aromatic carbocycles. The van der Waals surface area contributed by atoms with Crippen molar-refractivity contribution in [2.24, 2.45) is 0 Å². The van der Waals surface area contributed by atoms with Crippen LogP contribution >= 0.6 is 0 Å². The maximum atomic E-state index is 10.9. The second-order valence-electron chi connectivity index (χ2n) is 5.16. The van der Waals surface area contributed by atoms with Gasteiger partial charge in [-0.2, -0.15) is 0 Å². The number of nitrogen functional groups attached to an aromatic ring is 2. The molecule has 0 saturated carbocycles. The third kappa shape index (κ3) is 2.69. The summed E-state index contributed by atoms with van der Waals surface area (Å²) in [5.41, 5.74) is 15.2. The van der Waals surface area contributed by atoms with Gasteiger partial charge in [0.05, 0.1) is 5.69 Å². The lowest BCUT2D eigenvalue weighted by Gasteiger charge is -2.05. The highest BCUT2D eigenvalue weighted by molar-refractivity contribution is 5.91. The summed E-state index contributed by atoms with van der Waals surface area (Å²) in [6, 6.07) is 11.7. The average Bonchev–Trinajstić information content (AvgIpc) is 2.89. The number of hydrogen-bond donors (Lipinski definition) is 4. The molecule has 116 valence electrons. The SMILES string of the molecule is Nc1ccc(-c2cn(-c3ccc(C(=O)O)c(O)c3)cc2N)cc1. The Morgan fingerprint density at radius 2 is 1.70 bits per heavy atom. The van der Waals surface area contributed by atoms with E-state index in [4.69, 9.17) is 16.6 Å². The van der Waals surface area contributed by atoms with Crippen molar-refractivity contribution in [3.63, 3.8) is 0 Å². The van der Waals surface area contributed by atoms with E-state index in [1.807, 2.05) is 18.3 Å². The van der Waals surface area contributed by atoms with Crippen molar-refractivity contribution >= 4 is 17.3 Å². The van der Waals surface area contributed by atoms with Crippen LogP contribution in [0.25, 0.3) is 16.8 Å². The Morgan fingerprint density at radius 3 is 2.30 bits per heavy atom. The minimum absolute atomic E-state index is 0.146. The third-order valence-electron chi connectivity index (χ3n) is 3.59. The number of benzene rings is 2. The van der Waals surface area contributed by atoms with Crippen molar-refractivity contribution in [3.8, 4) is 22.6 Å². The minimum Gasteiger partial charge on any atom is -0.507 e. The normalized spacial score (nSPS) is 10.6. The predicted octanol–water partition coefficient (Wildman–Crippen LogP) is 2.71. The summed E-state index contributed by atoms with van der Waals surface area (Å²) in [6.07, 6.45) is 3.52. The van der Waals surface area contributed by atoms with Gasteiger partial charge in [0.2, 0.25) is 0 Å². The Labute approximate surface area is 132 Å². The van der Waals surface area contributed by atoms with Crippen LogP contribution in [-0.4, -0.2) is 20.7 Å². The lowest BCUT2D eigenvalue weighted by molar-refractivity contribution is 0.0694. The Balaban J connectivity index is 2.02. The molecule has 1 heterocycles. The monoisotopic (exact) mass is 309 g/mol. The fraction of sp³-hybridized carbons (Fsp3) is 0. The van der Waals surface area contributed by atoms with E-state index in [1.54, 1.807) is 29.0 Å². The zero-order valence-electron chi connectivity index (χ0n) is 12.1. The summed E-state index contributed by atoms with van der Waals surface area (Å²) in [5, 5.41) is 18.8. The summed E-state index contributed by atoms with van der Waals surface area (Å²) in [7, 11) is 0. The Bertz CT molecular complexity index is 883. The molecule has 0 amide bonds. The van der Waals surface area contributed by atoms with E-state index in [0.29, 0.717) is 17.1 Å². The first kappa shape index (κ1) is 14.5. The first-order chi connectivity index (χ1) is 11.0. The molecule has 3 aromatic rings. The molecule has 6 heteroatoms. The van der Waals surface area contributed by atoms with Crippen LogP contribution in [0.2, 0.25) is 0 Å². The molecule has 0 radical (unpaired) electrons. The maximum absolute atomic E-state index is 10.9. The molecule has 6 N–H and O–H groups in total. The van der Waals surface area contributed by atoms with Crippen LogP contribution in [0, 0.1) is 0 Å². The molecule has 3 rings (SSSR count). The maximum Gasteiger partial charge on any atom is 0.339 e. The topological polar surface area (TPSA) is 114 Å². The van der Waals surface area contributed by atoms with Crippen molar-refractivity contribution in [1.82, 2.24) is 4.57 Å². The number of carbonyl (C=O) groups is 1. The van der Waals surface area contributed by atoms with Crippen LogP contribution in [0.1, 0.15) is 10.4 Å². The van der Waals surface area contributed by atoms with Crippen molar-refractivity contribution < 1.29 is 15.0 Å². The third-order valence-corrected chi connectivity index (χ3v) is 3.59. The van der Waals surface area contributed by atoms with E-state index >= 15 is 0 Å². The largest absolute Gasteiger partial charge is 0.507 e. The number of aromatic nitrogens is 1. The van der Waals surface area contributed by atoms with E-state index in [9.17, 15) is 9.90 Å². The molecular weight excluding hydrogens is 294 g/mol. The predicted molar refractivity (Wildman–Crippen MR) is 88.7 cm³/mol. The van der Waals surface area contributed by atoms with Gasteiger partial charge in [0.25, 0.3) is 0 Å². The number of aromatic carboxylic acids is 1. The number of carboxylic acids is 1. The highest BCUT2D eigenvalue weighted by atomic mass is 16.4. The summed E-state index contributed by atoms with van der Waals surface area (Å²) in [4.78, 5) is 10.9. The van der Waals surface area contributed by atoms with Crippen LogP contribution in [0.3, 0.4) is 0 Å². The minimum atomic E-state index is -1.18. The van der Waals surface area contributed by atoms with Crippen LogP contribution in [-0.2, 0) is 0 Å². The van der Waals surface area contributed by atoms with Gasteiger partial charge >= 0.3 is 5.97 Å². The molecule has 0 spiro atoms. The number of carboxylic acid groups (broad SMARTS) is 1. The summed E-state index contributed by atoms with van der Waals surface area (Å²) >= 11 is 0. The smallest absolute Gasteiger partial charge is 0.339 e. The zero-order valence-corrected chi connectivity index (χ0v) is 12.1. The van der Waals surface area contributed by atoms with Gasteiger partial charge in [0.1, 0.15) is 11.3 Å². The van der Waals surface area contributed by atoms with E-state index in [1.165, 1.54) is 12.1 Å². The van der Waals surface area contributed by atoms with E-state index in [2.05, 4.69) is 0 Å². The fourth-order valence-electron chi connectivity index (χ4n) is 2.38. The van der Waals surface area contributed by atoms with E-state index < -0.39 is 5.97 Å². The van der Waals surface area contributed by atoms with Gasteiger partial charge in [0.15, 0.2) is 0 Å². The lowest BCUT2D eigenvalue weighted by atomic mass is 10.1. The molecular formula is C17H15N3O3. The first-order valence-corrected chi connectivity index (χ1v) is 6.86. The van der Waals surface area contributed by atoms with Crippen LogP contribution in [0.15, 0.2) is 54.9 Å². The molecule has 0 bridgehead atoms. The van der Waals surface area contributed by atoms with Gasteiger partial charge in [-0.25, -0.2) is 4.79 Å². The molecule has 0 aliphatic heterocycles. The van der Waals surface area contributed by atoms with Gasteiger partial charge in [-0.3, -0.25) is 0 Å². The Hall–Kier alpha value is -3.41. The average molecular weight is 309 g/mol. The number of rotatable bonds is 3. The van der Waals surface area contributed by atoms with Gasteiger partial charge in [-0.15, -0.1) is 0 Å². The van der Waals surface area contributed by atoms with Crippen molar-refractivity contribution in [2.45, 2.75) is 0 Å². The zero-order chi connectivity index (χ0) is 16.6. The number of aromatic hydroxyl groups is 1. The molecule has 0 fully saturated rings. The quantitative estimate of drug-likeness (QED) is 0.555. The van der Waals surface area contributed by atoms with Crippen LogP contribution in [0.4, 0.5) is 11.4 Å². The van der Waals surface area contributed by atoms with Gasteiger partial charge in [0, 0.05) is 35.4 Å². The van der Waals surface area contributed by atoms with Gasteiger partial charge in [-0.1, -0.05) is 12.1 Å². The standard InChI is InChI=1S/C17H15N3O3/c18-11-3-1-10(2-4-11)14-8-20(9-15(14)19)12-5-6-13(17(22)23)16(21)7-12/h1-9,21H,18-19H2,(H,22,23). The van der Waals surface area contributed by atoms with Crippen molar-refractivity contribution in [2.75, 3.05) is 11.5 Å². The second-order valence-corrected chi connectivity index (χ2v) is 5.16. The number of hydrogen-bond acceptors (Lipinski definition) is 4. The molecule has 6 nitrogen and oxygen atoms in total. The van der Waals surface area contributed by atoms with Gasteiger partial charge < -0.3 is 26.2 Å². The highest BCUT2D eigenvalue weighted by Gasteiger charge is 2.12. The van der Waals surface area contributed by atoms with Gasteiger partial charge in [-0.05, 0) is 29.8 Å². The highest BCUT2D eigenvalue weighted by Crippen LogP contribution is 2.30. The molecule has 0 saturated heterocycles. The number of anilines is 2. The lowest BCUT2D eigenvalue weighted by Crippen LogP contribution is -1.98. The van der Waals surface area contributed by atoms with E-state index in [0.717, 1.165) is 11.1 Å². The fourth-order valence-corrected chi connectivity index (χ4v) is 2.38. The molecule has 0 aliphatic rings. The molecule has 0 aliphatic carbocycles. The number of nitrogens with two attached hydrogens (primary N) is 2. The van der Waals surface area contributed by atoms with E-state index in [-0.39, 0.29) is 11.3 Å². The van der Waals surface area contributed by atoms with Crippen molar-refractivity contribution in [1.29, 1.82) is 0 Å². The first-order valence-electron chi connectivity index (χ1n) is 6.86. The summed E-state index contributed by atoms with van der Waals surface area (Å²) in [5.74, 6) is -1.47. The second kappa shape index (κ2) is 5.42. The van der Waals surface area contributed by atoms with Crippen LogP contribution in [0.5, 0.6) is 5.75 Å². The number of nitrogens with zero attached hydrogens (tertiary/aromatic N) is 1. The molecule has 23 heavy (non-hydrogen) atoms. The Morgan fingerprint density at radius 1 is 1.00 bits per heavy atom. The Kier molecular flexibility index (Phi) is 3.42. The summed E-state index contributed by atoms with van der Waals surface area (Å²) < 4.78 is 1.73. The van der Waals surface area contributed by atoms with Crippen molar-refractivity contribution in [3.05, 3.63) is 60.4 Å². The molecule has 1 aromatic heterocycles. The summed E-state index contributed by atoms with van der Waals surface area (Å²) in [6.45, 7) is 0. The molecule has 0 unspecified atom stereocenters. The van der Waals surface area contributed by atoms with Crippen LogP contribution < -0.4 is 11.5 Å².